The van der Waals surface area contributed by atoms with Gasteiger partial charge in [-0.05, 0) is 30.7 Å². The highest BCUT2D eigenvalue weighted by Gasteiger charge is 2.52. The van der Waals surface area contributed by atoms with Crippen LogP contribution in [0.15, 0.2) is 41.3 Å². The lowest BCUT2D eigenvalue weighted by atomic mass is 9.82. The Morgan fingerprint density at radius 3 is 3.00 bits per heavy atom. The first kappa shape index (κ1) is 16.3. The minimum absolute atomic E-state index is 0.0363. The maximum atomic E-state index is 12.8. The summed E-state index contributed by atoms with van der Waals surface area (Å²) in [6.07, 6.45) is 5.10. The smallest absolute Gasteiger partial charge is 0.257 e. The number of carbonyl (C=O) groups excluding carboxylic acids is 1. The molecule has 0 aromatic carbocycles. The number of carbonyl (C=O) groups is 1. The predicted octanol–water partition coefficient (Wildman–Crippen LogP) is 2.29. The highest BCUT2D eigenvalue weighted by molar-refractivity contribution is 5.95. The van der Waals surface area contributed by atoms with E-state index in [1.807, 2.05) is 24.0 Å². The van der Waals surface area contributed by atoms with E-state index in [1.54, 1.807) is 24.7 Å². The van der Waals surface area contributed by atoms with E-state index in [0.717, 1.165) is 5.56 Å². The zero-order chi connectivity index (χ0) is 17.3. The van der Waals surface area contributed by atoms with E-state index in [1.165, 1.54) is 0 Å². The minimum atomic E-state index is -0.111. The number of rotatable bonds is 5. The number of ether oxygens (including phenoxy) is 2. The Morgan fingerprint density at radius 2 is 2.24 bits per heavy atom. The number of furan rings is 1. The Labute approximate surface area is 146 Å². The average molecular weight is 342 g/mol. The summed E-state index contributed by atoms with van der Waals surface area (Å²) in [5, 5.41) is 0. The van der Waals surface area contributed by atoms with Gasteiger partial charge < -0.3 is 18.8 Å². The van der Waals surface area contributed by atoms with E-state index in [-0.39, 0.29) is 11.3 Å². The van der Waals surface area contributed by atoms with Gasteiger partial charge in [-0.3, -0.25) is 9.78 Å². The fraction of sp³-hybridized carbons (Fsp3) is 0.474. The molecule has 0 saturated carbocycles. The summed E-state index contributed by atoms with van der Waals surface area (Å²) in [6.45, 7) is 5.66. The molecule has 2 fully saturated rings. The van der Waals surface area contributed by atoms with E-state index < -0.39 is 0 Å². The van der Waals surface area contributed by atoms with Gasteiger partial charge in [-0.1, -0.05) is 0 Å². The lowest BCUT2D eigenvalue weighted by molar-refractivity contribution is 0.0186. The molecule has 6 nitrogen and oxygen atoms in total. The molecule has 2 aromatic heterocycles. The Kier molecular flexibility index (Phi) is 4.31. The molecule has 6 heteroatoms. The number of amides is 1. The molecule has 1 amide bonds. The van der Waals surface area contributed by atoms with E-state index in [4.69, 9.17) is 13.9 Å². The summed E-state index contributed by atoms with van der Waals surface area (Å²) in [5.74, 6) is 1.02. The second-order valence-corrected chi connectivity index (χ2v) is 7.00. The van der Waals surface area contributed by atoms with Crippen LogP contribution in [0, 0.1) is 18.3 Å². The van der Waals surface area contributed by atoms with Gasteiger partial charge in [-0.25, -0.2) is 0 Å². The summed E-state index contributed by atoms with van der Waals surface area (Å²) >= 11 is 0. The first-order chi connectivity index (χ1) is 12.2. The first-order valence-electron chi connectivity index (χ1n) is 8.56. The highest BCUT2D eigenvalue weighted by atomic mass is 16.5. The van der Waals surface area contributed by atoms with Crippen LogP contribution in [0.25, 0.3) is 0 Å². The molecule has 2 aliphatic heterocycles. The highest BCUT2D eigenvalue weighted by Crippen LogP contribution is 2.42. The van der Waals surface area contributed by atoms with Gasteiger partial charge in [0.1, 0.15) is 5.76 Å². The molecule has 0 bridgehead atoms. The third kappa shape index (κ3) is 3.07. The van der Waals surface area contributed by atoms with Crippen LogP contribution in [0.4, 0.5) is 0 Å². The molecule has 0 spiro atoms. The van der Waals surface area contributed by atoms with E-state index in [9.17, 15) is 4.79 Å². The second-order valence-electron chi connectivity index (χ2n) is 7.00. The molecular weight excluding hydrogens is 320 g/mol. The number of hydrogen-bond acceptors (Lipinski definition) is 5. The van der Waals surface area contributed by atoms with Gasteiger partial charge in [0.05, 0.1) is 38.3 Å². The average Bonchev–Trinajstić information content (AvgIpc) is 3.29. The molecule has 0 radical (unpaired) electrons. The number of nitrogens with zero attached hydrogens (tertiary/aromatic N) is 2. The number of fused-ring (bicyclic) bond motifs is 1. The quantitative estimate of drug-likeness (QED) is 0.834. The van der Waals surface area contributed by atoms with Gasteiger partial charge in [0.25, 0.3) is 5.91 Å². The normalized spacial score (nSPS) is 25.3. The van der Waals surface area contributed by atoms with Gasteiger partial charge in [-0.2, -0.15) is 0 Å². The predicted molar refractivity (Wildman–Crippen MR) is 90.0 cm³/mol. The van der Waals surface area contributed by atoms with Crippen molar-refractivity contribution < 1.29 is 18.7 Å². The van der Waals surface area contributed by atoms with Crippen molar-refractivity contribution in [1.82, 2.24) is 9.88 Å². The van der Waals surface area contributed by atoms with Crippen LogP contribution in [0.1, 0.15) is 21.7 Å². The number of likely N-dealkylation sites (tertiary alicyclic amines) is 1. The van der Waals surface area contributed by atoms with Gasteiger partial charge >= 0.3 is 0 Å². The standard InChI is InChI=1S/C19H22N2O4/c1-14-17(4-7-25-14)18(22)21-8-16-10-24-13-19(16,11-21)12-23-9-15-2-5-20-6-3-15/h2-7,16H,8-13H2,1H3/t16-,19-/m1/s1. The third-order valence-electron chi connectivity index (χ3n) is 5.31. The molecule has 2 aliphatic rings. The molecule has 0 aliphatic carbocycles. The van der Waals surface area contributed by atoms with E-state index in [0.29, 0.717) is 56.8 Å². The van der Waals surface area contributed by atoms with Crippen LogP contribution in [0.5, 0.6) is 0 Å². The number of hydrogen-bond donors (Lipinski definition) is 0. The van der Waals surface area contributed by atoms with Crippen LogP contribution in [0.3, 0.4) is 0 Å². The van der Waals surface area contributed by atoms with Crippen LogP contribution >= 0.6 is 0 Å². The third-order valence-corrected chi connectivity index (χ3v) is 5.31. The minimum Gasteiger partial charge on any atom is -0.469 e. The van der Waals surface area contributed by atoms with E-state index >= 15 is 0 Å². The molecule has 2 atom stereocenters. The Hall–Kier alpha value is -2.18. The zero-order valence-electron chi connectivity index (χ0n) is 14.3. The fourth-order valence-electron chi connectivity index (χ4n) is 3.82. The van der Waals surface area contributed by atoms with Gasteiger partial charge in [0, 0.05) is 36.8 Å². The maximum Gasteiger partial charge on any atom is 0.257 e. The first-order valence-corrected chi connectivity index (χ1v) is 8.56. The van der Waals surface area contributed by atoms with Crippen LogP contribution in [0.2, 0.25) is 0 Å². The van der Waals surface area contributed by atoms with Gasteiger partial charge in [0.15, 0.2) is 0 Å². The molecule has 4 heterocycles. The summed E-state index contributed by atoms with van der Waals surface area (Å²) in [6, 6.07) is 5.65. The Morgan fingerprint density at radius 1 is 1.40 bits per heavy atom. The molecule has 4 rings (SSSR count). The van der Waals surface area contributed by atoms with E-state index in [2.05, 4.69) is 4.98 Å². The summed E-state index contributed by atoms with van der Waals surface area (Å²) < 4.78 is 17.0. The monoisotopic (exact) mass is 342 g/mol. The largest absolute Gasteiger partial charge is 0.469 e. The zero-order valence-corrected chi connectivity index (χ0v) is 14.3. The topological polar surface area (TPSA) is 64.8 Å². The molecule has 0 N–H and O–H groups in total. The van der Waals surface area contributed by atoms with Crippen LogP contribution < -0.4 is 0 Å². The van der Waals surface area contributed by atoms with Crippen molar-refractivity contribution in [1.29, 1.82) is 0 Å². The van der Waals surface area contributed by atoms with Gasteiger partial charge in [0.2, 0.25) is 0 Å². The van der Waals surface area contributed by atoms with Crippen molar-refractivity contribution in [3.05, 3.63) is 53.7 Å². The summed E-state index contributed by atoms with van der Waals surface area (Å²) in [5.41, 5.74) is 1.64. The molecule has 132 valence electrons. The molecule has 2 saturated heterocycles. The SMILES string of the molecule is Cc1occc1C(=O)N1C[C@@H]2COC[C@]2(COCc2ccncc2)C1. The number of aryl methyl sites for hydroxylation is 1. The maximum absolute atomic E-state index is 12.8. The van der Waals surface area contributed by atoms with Crippen molar-refractivity contribution in [2.45, 2.75) is 13.5 Å². The van der Waals surface area contributed by atoms with Crippen molar-refractivity contribution in [2.24, 2.45) is 11.3 Å². The summed E-state index contributed by atoms with van der Waals surface area (Å²) in [4.78, 5) is 18.7. The van der Waals surface area contributed by atoms with Crippen molar-refractivity contribution in [3.63, 3.8) is 0 Å². The Balaban J connectivity index is 1.42. The van der Waals surface area contributed by atoms with Crippen molar-refractivity contribution in [3.8, 4) is 0 Å². The summed E-state index contributed by atoms with van der Waals surface area (Å²) in [7, 11) is 0. The van der Waals surface area contributed by atoms with Crippen LogP contribution in [-0.2, 0) is 16.1 Å². The van der Waals surface area contributed by atoms with Crippen molar-refractivity contribution >= 4 is 5.91 Å². The molecule has 0 unspecified atom stereocenters. The second kappa shape index (κ2) is 6.61. The lowest BCUT2D eigenvalue weighted by Gasteiger charge is -2.26. The molecule has 25 heavy (non-hydrogen) atoms. The Bertz CT molecular complexity index is 745. The number of aromatic nitrogens is 1. The van der Waals surface area contributed by atoms with Crippen molar-refractivity contribution in [2.75, 3.05) is 32.9 Å². The molecular formula is C19H22N2O4. The fourth-order valence-corrected chi connectivity index (χ4v) is 3.82. The van der Waals surface area contributed by atoms with Crippen LogP contribution in [-0.4, -0.2) is 48.7 Å². The number of pyridine rings is 1. The van der Waals surface area contributed by atoms with Gasteiger partial charge in [-0.15, -0.1) is 0 Å². The molecule has 2 aromatic rings. The lowest BCUT2D eigenvalue weighted by Crippen LogP contribution is -2.37.